The molecule has 0 unspecified atom stereocenters. The summed E-state index contributed by atoms with van der Waals surface area (Å²) in [6.07, 6.45) is 4.79. The van der Waals surface area contributed by atoms with Gasteiger partial charge in [0, 0.05) is 38.9 Å². The van der Waals surface area contributed by atoms with E-state index < -0.39 is 0 Å². The van der Waals surface area contributed by atoms with Gasteiger partial charge < -0.3 is 14.2 Å². The Morgan fingerprint density at radius 2 is 2.04 bits per heavy atom. The van der Waals surface area contributed by atoms with Crippen molar-refractivity contribution in [1.82, 2.24) is 29.2 Å². The van der Waals surface area contributed by atoms with Gasteiger partial charge in [-0.2, -0.15) is 5.10 Å². The molecule has 7 nitrogen and oxygen atoms in total. The molecule has 0 radical (unpaired) electrons. The molecule has 1 aliphatic rings. The summed E-state index contributed by atoms with van der Waals surface area (Å²) in [6, 6.07) is 10.3. The predicted molar refractivity (Wildman–Crippen MR) is 109 cm³/mol. The van der Waals surface area contributed by atoms with Crippen molar-refractivity contribution in [3.8, 4) is 22.8 Å². The first kappa shape index (κ1) is 18.8. The summed E-state index contributed by atoms with van der Waals surface area (Å²) in [5.41, 5.74) is 3.13. The summed E-state index contributed by atoms with van der Waals surface area (Å²) in [5, 5.41) is 4.39. The van der Waals surface area contributed by atoms with Gasteiger partial charge in [0.05, 0.1) is 18.6 Å². The molecule has 148 valence electrons. The number of hydrogen-bond donors (Lipinski definition) is 0. The molecule has 0 spiro atoms. The van der Waals surface area contributed by atoms with Gasteiger partial charge in [-0.3, -0.25) is 0 Å². The van der Waals surface area contributed by atoms with E-state index in [1.807, 2.05) is 29.2 Å². The standard InChI is InChI=1S/C21H28N6O/c1-3-27-21(22-15-24-27)20-19(18-7-5-4-6-8-18)23-16-26(20)14-17-9-10-25(13-17)11-12-28-2/h4-8,15-17H,3,9-14H2,1-2H3/t17-/m1/s1. The highest BCUT2D eigenvalue weighted by Crippen LogP contribution is 2.31. The molecule has 1 aromatic carbocycles. The molecule has 0 aliphatic carbocycles. The third-order valence-electron chi connectivity index (χ3n) is 5.45. The van der Waals surface area contributed by atoms with Crippen LogP contribution in [0.4, 0.5) is 0 Å². The van der Waals surface area contributed by atoms with Crippen LogP contribution >= 0.6 is 0 Å². The highest BCUT2D eigenvalue weighted by atomic mass is 16.5. The van der Waals surface area contributed by atoms with Crippen LogP contribution in [0.5, 0.6) is 0 Å². The minimum absolute atomic E-state index is 0.603. The fourth-order valence-corrected chi connectivity index (χ4v) is 4.00. The van der Waals surface area contributed by atoms with Crippen LogP contribution in [0.25, 0.3) is 22.8 Å². The molecule has 2 aromatic heterocycles. The zero-order valence-corrected chi connectivity index (χ0v) is 16.7. The molecule has 1 atom stereocenters. The Balaban J connectivity index is 1.64. The van der Waals surface area contributed by atoms with Crippen LogP contribution in [0.1, 0.15) is 13.3 Å². The van der Waals surface area contributed by atoms with E-state index in [2.05, 4.69) is 38.6 Å². The lowest BCUT2D eigenvalue weighted by Gasteiger charge is -2.17. The fraction of sp³-hybridized carbons (Fsp3) is 0.476. The third kappa shape index (κ3) is 3.86. The highest BCUT2D eigenvalue weighted by molar-refractivity contribution is 5.75. The highest BCUT2D eigenvalue weighted by Gasteiger charge is 2.26. The van der Waals surface area contributed by atoms with E-state index in [0.717, 1.165) is 62.1 Å². The summed E-state index contributed by atoms with van der Waals surface area (Å²) < 4.78 is 9.44. The first-order chi connectivity index (χ1) is 13.8. The van der Waals surface area contributed by atoms with Gasteiger partial charge in [0.25, 0.3) is 0 Å². The number of rotatable bonds is 8. The molecule has 0 amide bonds. The number of benzene rings is 1. The second-order valence-electron chi connectivity index (χ2n) is 7.31. The number of imidazole rings is 1. The van der Waals surface area contributed by atoms with Crippen molar-refractivity contribution >= 4 is 0 Å². The maximum Gasteiger partial charge on any atom is 0.177 e. The quantitative estimate of drug-likeness (QED) is 0.601. The Morgan fingerprint density at radius 1 is 1.18 bits per heavy atom. The van der Waals surface area contributed by atoms with E-state index in [1.54, 1.807) is 13.4 Å². The minimum Gasteiger partial charge on any atom is -0.383 e. The zero-order chi connectivity index (χ0) is 19.3. The molecular weight excluding hydrogens is 352 g/mol. The lowest BCUT2D eigenvalue weighted by molar-refractivity contribution is 0.158. The number of likely N-dealkylation sites (tertiary alicyclic amines) is 1. The fourth-order valence-electron chi connectivity index (χ4n) is 4.00. The average molecular weight is 380 g/mol. The number of aryl methyl sites for hydroxylation is 1. The smallest absolute Gasteiger partial charge is 0.177 e. The Kier molecular flexibility index (Phi) is 5.83. The first-order valence-electron chi connectivity index (χ1n) is 10.00. The van der Waals surface area contributed by atoms with Crippen LogP contribution in [0.2, 0.25) is 0 Å². The molecule has 1 aliphatic heterocycles. The second kappa shape index (κ2) is 8.67. The zero-order valence-electron chi connectivity index (χ0n) is 16.7. The van der Waals surface area contributed by atoms with Crippen LogP contribution in [-0.2, 0) is 17.8 Å². The van der Waals surface area contributed by atoms with Gasteiger partial charge in [-0.05, 0) is 25.8 Å². The van der Waals surface area contributed by atoms with Gasteiger partial charge in [-0.1, -0.05) is 30.3 Å². The number of aromatic nitrogens is 5. The minimum atomic E-state index is 0.603. The maximum atomic E-state index is 5.23. The average Bonchev–Trinajstić information content (AvgIpc) is 3.46. The Bertz CT molecular complexity index is 887. The summed E-state index contributed by atoms with van der Waals surface area (Å²) in [5.74, 6) is 1.49. The lowest BCUT2D eigenvalue weighted by Crippen LogP contribution is -2.25. The van der Waals surface area contributed by atoms with Gasteiger partial charge >= 0.3 is 0 Å². The van der Waals surface area contributed by atoms with Crippen molar-refractivity contribution < 1.29 is 4.74 Å². The Labute approximate surface area is 166 Å². The molecule has 7 heteroatoms. The van der Waals surface area contributed by atoms with Crippen molar-refractivity contribution in [1.29, 1.82) is 0 Å². The monoisotopic (exact) mass is 380 g/mol. The second-order valence-corrected chi connectivity index (χ2v) is 7.31. The number of nitrogens with zero attached hydrogens (tertiary/aromatic N) is 6. The van der Waals surface area contributed by atoms with Crippen LogP contribution in [0, 0.1) is 5.92 Å². The molecule has 1 saturated heterocycles. The van der Waals surface area contributed by atoms with Crippen molar-refractivity contribution in [2.75, 3.05) is 33.4 Å². The third-order valence-corrected chi connectivity index (χ3v) is 5.45. The van der Waals surface area contributed by atoms with Crippen LogP contribution in [-0.4, -0.2) is 62.6 Å². The first-order valence-corrected chi connectivity index (χ1v) is 10.00. The Hall–Kier alpha value is -2.51. The number of ether oxygens (including phenoxy) is 1. The van der Waals surface area contributed by atoms with E-state index in [4.69, 9.17) is 9.72 Å². The SMILES string of the molecule is CCn1ncnc1-c1c(-c2ccccc2)ncn1C[C@@H]1CCN(CCOC)C1. The summed E-state index contributed by atoms with van der Waals surface area (Å²) >= 11 is 0. The molecule has 0 saturated carbocycles. The Morgan fingerprint density at radius 3 is 2.82 bits per heavy atom. The molecule has 0 bridgehead atoms. The largest absolute Gasteiger partial charge is 0.383 e. The molecule has 1 fully saturated rings. The summed E-state index contributed by atoms with van der Waals surface area (Å²) in [7, 11) is 1.76. The molecule has 4 rings (SSSR count). The van der Waals surface area contributed by atoms with Crippen LogP contribution < -0.4 is 0 Å². The van der Waals surface area contributed by atoms with Crippen molar-refractivity contribution in [2.24, 2.45) is 5.92 Å². The predicted octanol–water partition coefficient (Wildman–Crippen LogP) is 2.80. The van der Waals surface area contributed by atoms with Gasteiger partial charge in [-0.15, -0.1) is 0 Å². The van der Waals surface area contributed by atoms with Gasteiger partial charge in [0.1, 0.15) is 12.0 Å². The molecule has 3 aromatic rings. The normalized spacial score (nSPS) is 17.4. The topological polar surface area (TPSA) is 61.0 Å². The molecule has 3 heterocycles. The van der Waals surface area contributed by atoms with E-state index >= 15 is 0 Å². The molecular formula is C21H28N6O. The summed E-state index contributed by atoms with van der Waals surface area (Å²) in [6.45, 7) is 7.84. The van der Waals surface area contributed by atoms with E-state index in [0.29, 0.717) is 5.92 Å². The van der Waals surface area contributed by atoms with Crippen molar-refractivity contribution in [3.63, 3.8) is 0 Å². The lowest BCUT2D eigenvalue weighted by atomic mass is 10.1. The van der Waals surface area contributed by atoms with Crippen LogP contribution in [0.3, 0.4) is 0 Å². The van der Waals surface area contributed by atoms with Crippen molar-refractivity contribution in [3.05, 3.63) is 43.0 Å². The van der Waals surface area contributed by atoms with Crippen molar-refractivity contribution in [2.45, 2.75) is 26.4 Å². The van der Waals surface area contributed by atoms with Gasteiger partial charge in [0.2, 0.25) is 0 Å². The van der Waals surface area contributed by atoms with Gasteiger partial charge in [0.15, 0.2) is 5.82 Å². The molecule has 0 N–H and O–H groups in total. The maximum absolute atomic E-state index is 5.23. The summed E-state index contributed by atoms with van der Waals surface area (Å²) in [4.78, 5) is 11.8. The van der Waals surface area contributed by atoms with E-state index in [9.17, 15) is 0 Å². The molecule has 28 heavy (non-hydrogen) atoms. The van der Waals surface area contributed by atoms with E-state index in [1.165, 1.54) is 6.42 Å². The number of methoxy groups -OCH3 is 1. The number of hydrogen-bond acceptors (Lipinski definition) is 5. The van der Waals surface area contributed by atoms with E-state index in [-0.39, 0.29) is 0 Å². The van der Waals surface area contributed by atoms with Crippen LogP contribution in [0.15, 0.2) is 43.0 Å². The van der Waals surface area contributed by atoms with Gasteiger partial charge in [-0.25, -0.2) is 14.6 Å².